The van der Waals surface area contributed by atoms with Crippen molar-refractivity contribution >= 4 is 17.5 Å². The van der Waals surface area contributed by atoms with Crippen LogP contribution in [0.3, 0.4) is 0 Å². The molecule has 1 aromatic heterocycles. The highest BCUT2D eigenvalue weighted by Gasteiger charge is 2.20. The molecule has 1 heterocycles. The first-order chi connectivity index (χ1) is 11.5. The molecule has 0 saturated heterocycles. The zero-order valence-electron chi connectivity index (χ0n) is 13.9. The van der Waals surface area contributed by atoms with Crippen molar-refractivity contribution in [3.05, 3.63) is 42.4 Å². The Morgan fingerprint density at radius 3 is 2.58 bits per heavy atom. The number of methoxy groups -OCH3 is 2. The van der Waals surface area contributed by atoms with Gasteiger partial charge in [-0.25, -0.2) is 0 Å². The van der Waals surface area contributed by atoms with E-state index in [4.69, 9.17) is 13.9 Å². The Morgan fingerprint density at radius 2 is 2.00 bits per heavy atom. The third-order valence-electron chi connectivity index (χ3n) is 3.40. The van der Waals surface area contributed by atoms with Gasteiger partial charge in [-0.1, -0.05) is 0 Å². The summed E-state index contributed by atoms with van der Waals surface area (Å²) < 4.78 is 15.6. The van der Waals surface area contributed by atoms with E-state index in [2.05, 4.69) is 5.32 Å². The first kappa shape index (κ1) is 17.4. The molecule has 0 aliphatic rings. The number of rotatable bonds is 7. The van der Waals surface area contributed by atoms with Gasteiger partial charge in [0.2, 0.25) is 11.8 Å². The average Bonchev–Trinajstić information content (AvgIpc) is 3.10. The van der Waals surface area contributed by atoms with Gasteiger partial charge < -0.3 is 19.2 Å². The van der Waals surface area contributed by atoms with Crippen molar-refractivity contribution in [1.29, 1.82) is 0 Å². The monoisotopic (exact) mass is 332 g/mol. The van der Waals surface area contributed by atoms with Crippen LogP contribution in [-0.4, -0.2) is 32.6 Å². The Bertz CT molecular complexity index is 697. The van der Waals surface area contributed by atoms with Gasteiger partial charge in [-0.15, -0.1) is 0 Å². The Balaban J connectivity index is 2.14. The fraction of sp³-hybridized carbons (Fsp3) is 0.294. The highest BCUT2D eigenvalue weighted by Crippen LogP contribution is 2.32. The summed E-state index contributed by atoms with van der Waals surface area (Å²) in [5, 5.41) is 2.71. The summed E-state index contributed by atoms with van der Waals surface area (Å²) in [6.07, 6.45) is 1.53. The van der Waals surface area contributed by atoms with Gasteiger partial charge in [0.25, 0.3) is 0 Å². The predicted octanol–water partition coefficient (Wildman–Crippen LogP) is 1.97. The summed E-state index contributed by atoms with van der Waals surface area (Å²) in [5.74, 6) is 1.08. The second kappa shape index (κ2) is 8.05. The molecule has 0 aliphatic heterocycles. The predicted molar refractivity (Wildman–Crippen MR) is 88.1 cm³/mol. The summed E-state index contributed by atoms with van der Waals surface area (Å²) in [7, 11) is 3.03. The van der Waals surface area contributed by atoms with Gasteiger partial charge in [-0.3, -0.25) is 14.5 Å². The Hall–Kier alpha value is -2.96. The van der Waals surface area contributed by atoms with E-state index in [0.717, 1.165) is 0 Å². The van der Waals surface area contributed by atoms with Crippen molar-refractivity contribution in [2.75, 3.05) is 25.7 Å². The van der Waals surface area contributed by atoms with E-state index in [1.807, 2.05) is 0 Å². The van der Waals surface area contributed by atoms with Crippen molar-refractivity contribution in [3.8, 4) is 11.5 Å². The third-order valence-corrected chi connectivity index (χ3v) is 3.40. The number of carbonyl (C=O) groups excluding carboxylic acids is 2. The SMILES string of the molecule is COc1ccc(OC)c(N(CC(=O)NCc2ccco2)C(C)=O)c1. The molecule has 24 heavy (non-hydrogen) atoms. The molecule has 0 aliphatic carbocycles. The number of anilines is 1. The maximum absolute atomic E-state index is 12.2. The van der Waals surface area contributed by atoms with E-state index in [0.29, 0.717) is 22.9 Å². The van der Waals surface area contributed by atoms with Gasteiger partial charge in [0.15, 0.2) is 0 Å². The Kier molecular flexibility index (Phi) is 5.83. The summed E-state index contributed by atoms with van der Waals surface area (Å²) in [5.41, 5.74) is 0.470. The molecule has 0 spiro atoms. The highest BCUT2D eigenvalue weighted by molar-refractivity contribution is 5.98. The number of nitrogens with zero attached hydrogens (tertiary/aromatic N) is 1. The lowest BCUT2D eigenvalue weighted by molar-refractivity contribution is -0.123. The molecule has 7 nitrogen and oxygen atoms in total. The van der Waals surface area contributed by atoms with Crippen LogP contribution in [0.5, 0.6) is 11.5 Å². The number of nitrogens with one attached hydrogen (secondary N) is 1. The molecule has 0 radical (unpaired) electrons. The quantitative estimate of drug-likeness (QED) is 0.838. The first-order valence-corrected chi connectivity index (χ1v) is 7.34. The summed E-state index contributed by atoms with van der Waals surface area (Å²) >= 11 is 0. The molecule has 128 valence electrons. The van der Waals surface area contributed by atoms with Gasteiger partial charge >= 0.3 is 0 Å². The van der Waals surface area contributed by atoms with Gasteiger partial charge in [-0.2, -0.15) is 0 Å². The summed E-state index contributed by atoms with van der Waals surface area (Å²) in [4.78, 5) is 25.5. The van der Waals surface area contributed by atoms with E-state index >= 15 is 0 Å². The van der Waals surface area contributed by atoms with Crippen molar-refractivity contribution in [2.24, 2.45) is 0 Å². The first-order valence-electron chi connectivity index (χ1n) is 7.34. The molecule has 1 aromatic carbocycles. The van der Waals surface area contributed by atoms with E-state index in [9.17, 15) is 9.59 Å². The van der Waals surface area contributed by atoms with E-state index in [1.54, 1.807) is 30.3 Å². The standard InChI is InChI=1S/C17H20N2O5/c1-12(20)19(11-17(21)18-10-14-5-4-8-24-14)15-9-13(22-2)6-7-16(15)23-3/h4-9H,10-11H2,1-3H3,(H,18,21). The number of benzene rings is 1. The van der Waals surface area contributed by atoms with Crippen LogP contribution in [0, 0.1) is 0 Å². The summed E-state index contributed by atoms with van der Waals surface area (Å²) in [6.45, 7) is 1.51. The molecular formula is C17H20N2O5. The maximum Gasteiger partial charge on any atom is 0.240 e. The molecule has 2 amide bonds. The molecule has 0 unspecified atom stereocenters. The fourth-order valence-electron chi connectivity index (χ4n) is 2.17. The van der Waals surface area contributed by atoms with Crippen LogP contribution in [0.2, 0.25) is 0 Å². The van der Waals surface area contributed by atoms with Crippen LogP contribution in [0.25, 0.3) is 0 Å². The van der Waals surface area contributed by atoms with E-state index in [1.165, 1.54) is 32.3 Å². The second-order valence-electron chi connectivity index (χ2n) is 5.00. The van der Waals surface area contributed by atoms with Crippen molar-refractivity contribution in [1.82, 2.24) is 5.32 Å². The van der Waals surface area contributed by atoms with E-state index < -0.39 is 0 Å². The maximum atomic E-state index is 12.2. The number of amides is 2. The molecule has 0 saturated carbocycles. The highest BCUT2D eigenvalue weighted by atomic mass is 16.5. The number of furan rings is 1. The minimum absolute atomic E-state index is 0.139. The molecule has 0 fully saturated rings. The third kappa shape index (κ3) is 4.28. The lowest BCUT2D eigenvalue weighted by Crippen LogP contribution is -2.39. The zero-order valence-corrected chi connectivity index (χ0v) is 13.9. The summed E-state index contributed by atoms with van der Waals surface area (Å²) in [6, 6.07) is 8.56. The Labute approximate surface area is 140 Å². The number of ether oxygens (including phenoxy) is 2. The normalized spacial score (nSPS) is 10.1. The van der Waals surface area contributed by atoms with Crippen LogP contribution in [0.1, 0.15) is 12.7 Å². The lowest BCUT2D eigenvalue weighted by atomic mass is 10.2. The molecule has 0 bridgehead atoms. The van der Waals surface area contributed by atoms with E-state index in [-0.39, 0.29) is 24.9 Å². The lowest BCUT2D eigenvalue weighted by Gasteiger charge is -2.23. The topological polar surface area (TPSA) is 81.0 Å². The number of carbonyl (C=O) groups is 2. The van der Waals surface area contributed by atoms with Crippen LogP contribution in [-0.2, 0) is 16.1 Å². The molecule has 2 aromatic rings. The smallest absolute Gasteiger partial charge is 0.240 e. The fourth-order valence-corrected chi connectivity index (χ4v) is 2.17. The van der Waals surface area contributed by atoms with Gasteiger partial charge in [0.1, 0.15) is 23.8 Å². The average molecular weight is 332 g/mol. The second-order valence-corrected chi connectivity index (χ2v) is 5.00. The zero-order chi connectivity index (χ0) is 17.5. The molecule has 1 N–H and O–H groups in total. The largest absolute Gasteiger partial charge is 0.497 e. The minimum Gasteiger partial charge on any atom is -0.497 e. The van der Waals surface area contributed by atoms with Crippen LogP contribution in [0.15, 0.2) is 41.0 Å². The molecule has 0 atom stereocenters. The van der Waals surface area contributed by atoms with Gasteiger partial charge in [-0.05, 0) is 24.3 Å². The number of hydrogen-bond acceptors (Lipinski definition) is 5. The molecule has 2 rings (SSSR count). The van der Waals surface area contributed by atoms with Crippen LogP contribution in [0.4, 0.5) is 5.69 Å². The van der Waals surface area contributed by atoms with Gasteiger partial charge in [0.05, 0.1) is 32.7 Å². The van der Waals surface area contributed by atoms with Crippen molar-refractivity contribution in [2.45, 2.75) is 13.5 Å². The van der Waals surface area contributed by atoms with Crippen molar-refractivity contribution < 1.29 is 23.5 Å². The Morgan fingerprint density at radius 1 is 1.21 bits per heavy atom. The minimum atomic E-state index is -0.313. The van der Waals surface area contributed by atoms with Crippen molar-refractivity contribution in [3.63, 3.8) is 0 Å². The van der Waals surface area contributed by atoms with Crippen LogP contribution < -0.4 is 19.7 Å². The molecular weight excluding hydrogens is 312 g/mol. The van der Waals surface area contributed by atoms with Gasteiger partial charge in [0, 0.05) is 13.0 Å². The molecule has 7 heteroatoms. The van der Waals surface area contributed by atoms with Crippen LogP contribution >= 0.6 is 0 Å². The number of hydrogen-bond donors (Lipinski definition) is 1.